The number of hydrogen-bond acceptors (Lipinski definition) is 3. The maximum absolute atomic E-state index is 13.2. The number of nitrogens with zero attached hydrogens (tertiary/aromatic N) is 2. The molecule has 0 aromatic heterocycles. The van der Waals surface area contributed by atoms with Gasteiger partial charge in [-0.05, 0) is 33.6 Å². The Morgan fingerprint density at radius 1 is 1.50 bits per heavy atom. The van der Waals surface area contributed by atoms with E-state index in [-0.39, 0.29) is 6.54 Å². The molecule has 1 aliphatic heterocycles. The summed E-state index contributed by atoms with van der Waals surface area (Å²) in [5, 5.41) is 8.87. The van der Waals surface area contributed by atoms with Crippen LogP contribution < -0.4 is 0 Å². The van der Waals surface area contributed by atoms with Gasteiger partial charge in [-0.2, -0.15) is 5.26 Å². The minimum Gasteiger partial charge on any atom is -0.444 e. The van der Waals surface area contributed by atoms with Gasteiger partial charge in [0.1, 0.15) is 17.8 Å². The summed E-state index contributed by atoms with van der Waals surface area (Å²) in [6, 6.07) is 1.43. The van der Waals surface area contributed by atoms with Crippen LogP contribution in [0.15, 0.2) is 0 Å². The molecule has 90 valence electrons. The molecule has 1 rings (SSSR count). The van der Waals surface area contributed by atoms with Gasteiger partial charge in [-0.3, -0.25) is 4.90 Å². The van der Waals surface area contributed by atoms with Crippen molar-refractivity contribution in [2.45, 2.75) is 51.4 Å². The average Bonchev–Trinajstić information content (AvgIpc) is 2.15. The fourth-order valence-electron chi connectivity index (χ4n) is 1.58. The van der Waals surface area contributed by atoms with E-state index in [9.17, 15) is 9.18 Å². The van der Waals surface area contributed by atoms with Crippen LogP contribution in [0.1, 0.15) is 33.6 Å². The van der Waals surface area contributed by atoms with Crippen LogP contribution in [0.3, 0.4) is 0 Å². The number of likely N-dealkylation sites (tertiary alicyclic amines) is 1. The van der Waals surface area contributed by atoms with Crippen molar-refractivity contribution in [2.24, 2.45) is 0 Å². The number of hydrogen-bond donors (Lipinski definition) is 0. The van der Waals surface area contributed by atoms with Gasteiger partial charge < -0.3 is 4.74 Å². The molecule has 0 aliphatic carbocycles. The molecule has 1 heterocycles. The molecule has 1 amide bonds. The third-order valence-electron chi connectivity index (χ3n) is 2.30. The lowest BCUT2D eigenvalue weighted by Crippen LogP contribution is -2.48. The summed E-state index contributed by atoms with van der Waals surface area (Å²) in [5.74, 6) is 0. The van der Waals surface area contributed by atoms with Gasteiger partial charge in [-0.15, -0.1) is 0 Å². The number of rotatable bonds is 0. The summed E-state index contributed by atoms with van der Waals surface area (Å²) < 4.78 is 18.3. The van der Waals surface area contributed by atoms with Crippen molar-refractivity contribution >= 4 is 6.09 Å². The zero-order valence-corrected chi connectivity index (χ0v) is 9.86. The molecule has 5 heteroatoms. The zero-order chi connectivity index (χ0) is 12.3. The minimum atomic E-state index is -1.06. The first kappa shape index (κ1) is 12.8. The second-order valence-electron chi connectivity index (χ2n) is 4.95. The van der Waals surface area contributed by atoms with Gasteiger partial charge >= 0.3 is 6.09 Å². The topological polar surface area (TPSA) is 53.3 Å². The van der Waals surface area contributed by atoms with Crippen LogP contribution in [0, 0.1) is 11.3 Å². The molecule has 0 radical (unpaired) electrons. The average molecular weight is 228 g/mol. The Bertz CT molecular complexity index is 306. The number of alkyl halides is 1. The van der Waals surface area contributed by atoms with E-state index in [1.165, 1.54) is 4.90 Å². The second-order valence-corrected chi connectivity index (χ2v) is 4.95. The molecule has 4 nitrogen and oxygen atoms in total. The zero-order valence-electron chi connectivity index (χ0n) is 9.86. The van der Waals surface area contributed by atoms with Gasteiger partial charge in [0.2, 0.25) is 0 Å². The molecule has 1 fully saturated rings. The Morgan fingerprint density at radius 2 is 2.12 bits per heavy atom. The minimum absolute atomic E-state index is 0.0485. The quantitative estimate of drug-likeness (QED) is 0.639. The van der Waals surface area contributed by atoms with Gasteiger partial charge in [0.05, 0.1) is 12.6 Å². The highest BCUT2D eigenvalue weighted by molar-refractivity contribution is 5.69. The fraction of sp³-hybridized carbons (Fsp3) is 0.818. The molecule has 1 aliphatic rings. The van der Waals surface area contributed by atoms with E-state index < -0.39 is 23.9 Å². The highest BCUT2D eigenvalue weighted by Crippen LogP contribution is 2.21. The summed E-state index contributed by atoms with van der Waals surface area (Å²) in [4.78, 5) is 12.9. The lowest BCUT2D eigenvalue weighted by molar-refractivity contribution is 0.00647. The number of carbonyl (C=O) groups excluding carboxylic acids is 1. The van der Waals surface area contributed by atoms with Crippen LogP contribution in [0.4, 0.5) is 9.18 Å². The van der Waals surface area contributed by atoms with Crippen molar-refractivity contribution in [2.75, 3.05) is 6.54 Å². The third-order valence-corrected chi connectivity index (χ3v) is 2.30. The monoisotopic (exact) mass is 228 g/mol. The number of piperidine rings is 1. The van der Waals surface area contributed by atoms with E-state index in [1.54, 1.807) is 20.8 Å². The van der Waals surface area contributed by atoms with Crippen LogP contribution in [-0.2, 0) is 4.74 Å². The molecule has 2 unspecified atom stereocenters. The van der Waals surface area contributed by atoms with Crippen molar-refractivity contribution in [1.82, 2.24) is 4.90 Å². The lowest BCUT2D eigenvalue weighted by atomic mass is 10.0. The largest absolute Gasteiger partial charge is 0.444 e. The lowest BCUT2D eigenvalue weighted by Gasteiger charge is -2.34. The van der Waals surface area contributed by atoms with E-state index >= 15 is 0 Å². The van der Waals surface area contributed by atoms with Crippen LogP contribution in [0.5, 0.6) is 0 Å². The fourth-order valence-corrected chi connectivity index (χ4v) is 1.58. The maximum atomic E-state index is 13.2. The summed E-state index contributed by atoms with van der Waals surface area (Å²) in [6.45, 7) is 5.17. The molecule has 2 atom stereocenters. The highest BCUT2D eigenvalue weighted by Gasteiger charge is 2.34. The van der Waals surface area contributed by atoms with Crippen molar-refractivity contribution in [1.29, 1.82) is 5.26 Å². The molecule has 0 saturated carbocycles. The first-order valence-corrected chi connectivity index (χ1v) is 5.37. The number of nitriles is 1. The first-order valence-electron chi connectivity index (χ1n) is 5.37. The summed E-state index contributed by atoms with van der Waals surface area (Å²) in [5.41, 5.74) is -0.625. The van der Waals surface area contributed by atoms with Crippen LogP contribution in [0.2, 0.25) is 0 Å². The molecule has 0 spiro atoms. The summed E-state index contributed by atoms with van der Waals surface area (Å²) >= 11 is 0. The molecule has 0 bridgehead atoms. The van der Waals surface area contributed by atoms with Gasteiger partial charge in [0, 0.05) is 0 Å². The number of ether oxygens (including phenoxy) is 1. The number of carbonyl (C=O) groups is 1. The van der Waals surface area contributed by atoms with E-state index in [0.717, 1.165) is 0 Å². The molecule has 16 heavy (non-hydrogen) atoms. The van der Waals surface area contributed by atoms with Crippen LogP contribution in [-0.4, -0.2) is 35.4 Å². The molecule has 1 saturated heterocycles. The number of halogens is 1. The number of amides is 1. The van der Waals surface area contributed by atoms with E-state index in [4.69, 9.17) is 10.00 Å². The maximum Gasteiger partial charge on any atom is 0.411 e. The third kappa shape index (κ3) is 3.37. The second kappa shape index (κ2) is 4.69. The van der Waals surface area contributed by atoms with Crippen LogP contribution in [0.25, 0.3) is 0 Å². The van der Waals surface area contributed by atoms with Crippen LogP contribution >= 0.6 is 0 Å². The smallest absolute Gasteiger partial charge is 0.411 e. The summed E-state index contributed by atoms with van der Waals surface area (Å²) in [7, 11) is 0. The molecule has 0 aromatic rings. The van der Waals surface area contributed by atoms with Crippen molar-refractivity contribution in [3.63, 3.8) is 0 Å². The van der Waals surface area contributed by atoms with Crippen molar-refractivity contribution < 1.29 is 13.9 Å². The van der Waals surface area contributed by atoms with E-state index in [0.29, 0.717) is 12.8 Å². The van der Waals surface area contributed by atoms with Crippen molar-refractivity contribution in [3.05, 3.63) is 0 Å². The normalized spacial score (nSPS) is 26.1. The Kier molecular flexibility index (Phi) is 3.74. The predicted octanol–water partition coefficient (Wildman–Crippen LogP) is 2.25. The van der Waals surface area contributed by atoms with Crippen molar-refractivity contribution in [3.8, 4) is 6.07 Å². The SMILES string of the molecule is CC(C)(C)OC(=O)N1CC(F)CCC1C#N. The van der Waals surface area contributed by atoms with Gasteiger partial charge in [0.25, 0.3) is 0 Å². The molecule has 0 aromatic carbocycles. The van der Waals surface area contributed by atoms with E-state index in [2.05, 4.69) is 0 Å². The molecular formula is C11H17FN2O2. The molecular weight excluding hydrogens is 211 g/mol. The van der Waals surface area contributed by atoms with Gasteiger partial charge in [-0.1, -0.05) is 0 Å². The Labute approximate surface area is 95.0 Å². The molecule has 0 N–H and O–H groups in total. The highest BCUT2D eigenvalue weighted by atomic mass is 19.1. The Hall–Kier alpha value is -1.31. The predicted molar refractivity (Wildman–Crippen MR) is 56.5 cm³/mol. The van der Waals surface area contributed by atoms with Gasteiger partial charge in [-0.25, -0.2) is 9.18 Å². The summed E-state index contributed by atoms with van der Waals surface area (Å²) in [6.07, 6.45) is -0.965. The van der Waals surface area contributed by atoms with Gasteiger partial charge in [0.15, 0.2) is 0 Å². The van der Waals surface area contributed by atoms with E-state index in [1.807, 2.05) is 6.07 Å². The Morgan fingerprint density at radius 3 is 2.62 bits per heavy atom. The Balaban J connectivity index is 2.68. The standard InChI is InChI=1S/C11H17FN2O2/c1-11(2,3)16-10(15)14-7-8(12)4-5-9(14)6-13/h8-9H,4-5,7H2,1-3H3. The first-order chi connectivity index (χ1) is 7.33.